The van der Waals surface area contributed by atoms with Crippen LogP contribution in [0.2, 0.25) is 47.2 Å². The van der Waals surface area contributed by atoms with Gasteiger partial charge in [-0.3, -0.25) is 0 Å². The molecule has 0 aromatic heterocycles. The summed E-state index contributed by atoms with van der Waals surface area (Å²) in [5.74, 6) is 9.43. The van der Waals surface area contributed by atoms with Gasteiger partial charge in [-0.25, -0.2) is 0 Å². The third-order valence-corrected chi connectivity index (χ3v) is 78.6. The van der Waals surface area contributed by atoms with E-state index in [9.17, 15) is 0 Å². The van der Waals surface area contributed by atoms with Crippen molar-refractivity contribution in [3.05, 3.63) is 0 Å². The molecular formula is C42H62FeN2P2. The summed E-state index contributed by atoms with van der Waals surface area (Å²) in [7, 11) is 4.26. The van der Waals surface area contributed by atoms with Crippen molar-refractivity contribution in [1.29, 1.82) is 0 Å². The Labute approximate surface area is 278 Å². The summed E-state index contributed by atoms with van der Waals surface area (Å²) in [6.45, 7) is -1.07. The van der Waals surface area contributed by atoms with Crippen LogP contribution in [0.15, 0.2) is 0 Å². The summed E-state index contributed by atoms with van der Waals surface area (Å²) in [4.78, 5) is 11.6. The molecule has 20 rings (SSSR count). The summed E-state index contributed by atoms with van der Waals surface area (Å²) < 4.78 is 1.97. The normalized spacial score (nSPS) is 84.9. The van der Waals surface area contributed by atoms with Gasteiger partial charge in [-0.15, -0.1) is 0 Å². The molecule has 12 saturated heterocycles. The van der Waals surface area contributed by atoms with Crippen LogP contribution in [0.3, 0.4) is 0 Å². The molecule has 20 aliphatic rings. The molecule has 12 heterocycles. The van der Waals surface area contributed by atoms with Gasteiger partial charge >= 0.3 is 279 Å². The van der Waals surface area contributed by atoms with E-state index in [0.29, 0.717) is 5.16 Å². The zero-order valence-corrected chi connectivity index (χ0v) is 32.0. The van der Waals surface area contributed by atoms with E-state index < -0.39 is 6.51 Å². The van der Waals surface area contributed by atoms with E-state index in [1.165, 1.54) is 125 Å². The minimum atomic E-state index is -3.73. The van der Waals surface area contributed by atoms with Gasteiger partial charge in [0.05, 0.1) is 0 Å². The Hall–Kier alpha value is 1.30. The Morgan fingerprint density at radius 2 is 1.02 bits per heavy atom. The first-order valence-electron chi connectivity index (χ1n) is 22.0. The summed E-state index contributed by atoms with van der Waals surface area (Å²) in [5, 5.41) is 9.40. The SMILES string of the molecule is PC(C1CCCCN1)(C1CCCCN1)[C]12[CH]3[CH]4[CH]5[C]1(CP(C1C6CC7CC(C6)CC1C7)C1C6CC7CC(C6)CC1C7)[Fe]45321678[CH]2[CH]1[CH]6[CH]7[CH]28. The van der Waals surface area contributed by atoms with Crippen LogP contribution in [0.1, 0.15) is 103 Å². The molecule has 47 heavy (non-hydrogen) atoms. The Kier molecular flexibility index (Phi) is 2.49. The van der Waals surface area contributed by atoms with Gasteiger partial charge < -0.3 is 0 Å². The Morgan fingerprint density at radius 3 is 1.38 bits per heavy atom. The van der Waals surface area contributed by atoms with E-state index in [2.05, 4.69) is 19.9 Å². The third kappa shape index (κ3) is 0.869. The summed E-state index contributed by atoms with van der Waals surface area (Å²) >= 11 is 0. The molecule has 0 amide bonds. The van der Waals surface area contributed by atoms with Crippen molar-refractivity contribution < 1.29 is 6.51 Å². The molecule has 8 atom stereocenters. The molecule has 8 aliphatic carbocycles. The van der Waals surface area contributed by atoms with Crippen molar-refractivity contribution in [3.8, 4) is 0 Å². The van der Waals surface area contributed by atoms with E-state index in [0.717, 1.165) is 44.4 Å². The predicted octanol–water partition coefficient (Wildman–Crippen LogP) is 10.1. The van der Waals surface area contributed by atoms with Crippen molar-refractivity contribution in [2.45, 2.75) is 178 Å². The van der Waals surface area contributed by atoms with Crippen LogP contribution >= 0.6 is 17.2 Å². The number of fused-ring (bicyclic) bond motifs is 10. The van der Waals surface area contributed by atoms with Crippen LogP contribution in [-0.2, 0) is 6.51 Å². The summed E-state index contributed by atoms with van der Waals surface area (Å²) in [6, 6.07) is 1.64. The topological polar surface area (TPSA) is 24.1 Å². The standard InChI is InChI=1S/C37H57N2P2.C5H5.Fe/c40-37(33-8-1-3-10-38-33,34-9-2-4-11-39-34)32-7-5-6-27(32)22-41(35-28-14-23-12-24(16-28)17-29(35)15-23)36-30-18-25-13-26(20-30)21-31(36)19-25;1-2-4-5-3-1;/h5-7,23-26,28-31,33-36,38-39H,1-4,8-22,40H2;1-5H;. The first-order valence-corrected chi connectivity index (χ1v) is 30.5. The van der Waals surface area contributed by atoms with Crippen molar-refractivity contribution in [3.63, 3.8) is 0 Å². The van der Waals surface area contributed by atoms with Crippen LogP contribution in [0.25, 0.3) is 0 Å². The Bertz CT molecular complexity index is 1850. The number of nitrogens with one attached hydrogen (secondary N) is 2. The predicted molar refractivity (Wildman–Crippen MR) is 193 cm³/mol. The van der Waals surface area contributed by atoms with Gasteiger partial charge in [-0.1, -0.05) is 0 Å². The number of rotatable bonds is 7. The van der Waals surface area contributed by atoms with Gasteiger partial charge in [0.2, 0.25) is 0 Å². The minimum absolute atomic E-state index is 0.205. The average molecular weight is 713 g/mol. The Morgan fingerprint density at radius 1 is 0.574 bits per heavy atom. The average Bonchev–Trinajstić information content (AvgIpc) is 4.03. The van der Waals surface area contributed by atoms with Crippen LogP contribution < -0.4 is 10.6 Å². The molecule has 2 nitrogen and oxygen atoms in total. The second-order valence-corrected chi connectivity index (χ2v) is 52.2. The van der Waals surface area contributed by atoms with Crippen LogP contribution in [0.5, 0.6) is 0 Å². The van der Waals surface area contributed by atoms with Gasteiger partial charge in [-0.05, 0) is 0 Å². The van der Waals surface area contributed by atoms with Gasteiger partial charge in [-0.2, -0.15) is 0 Å². The number of piperidine rings is 2. The molecule has 0 aromatic carbocycles. The summed E-state index contributed by atoms with van der Waals surface area (Å²) in [6.07, 6.45) is 27.9. The first-order chi connectivity index (χ1) is 22.8. The molecule has 8 saturated carbocycles. The number of hydrogen-bond acceptors (Lipinski definition) is 2. The molecule has 12 aliphatic heterocycles. The molecule has 1 spiro atoms. The maximum absolute atomic E-state index is 4.44. The molecule has 0 radical (unpaired) electrons. The summed E-state index contributed by atoms with van der Waals surface area (Å²) in [5.41, 5.74) is 2.49. The van der Waals surface area contributed by atoms with Crippen LogP contribution in [0, 0.1) is 47.3 Å². The maximum atomic E-state index is 4.44. The van der Waals surface area contributed by atoms with Gasteiger partial charge in [0.15, 0.2) is 0 Å². The van der Waals surface area contributed by atoms with E-state index in [1.54, 1.807) is 64.2 Å². The van der Waals surface area contributed by atoms with Gasteiger partial charge in [0.1, 0.15) is 0 Å². The van der Waals surface area contributed by atoms with Crippen molar-refractivity contribution in [2.75, 3.05) is 19.3 Å². The fourth-order valence-corrected chi connectivity index (χ4v) is 121. The third-order valence-electron chi connectivity index (χ3n) is 29.1. The van der Waals surface area contributed by atoms with E-state index in [4.69, 9.17) is 0 Å². The molecule has 258 valence electrons. The molecule has 8 unspecified atom stereocenters. The molecule has 0 aromatic rings. The monoisotopic (exact) mass is 712 g/mol. The van der Waals surface area contributed by atoms with Crippen molar-refractivity contribution in [1.82, 2.24) is 10.6 Å². The van der Waals surface area contributed by atoms with Crippen LogP contribution in [0.4, 0.5) is 0 Å². The van der Waals surface area contributed by atoms with E-state index in [-0.39, 0.29) is 7.92 Å². The van der Waals surface area contributed by atoms with Crippen molar-refractivity contribution >= 4 is 17.2 Å². The zero-order chi connectivity index (χ0) is 29.8. The molecule has 20 fully saturated rings. The zero-order valence-electron chi connectivity index (χ0n) is 28.9. The van der Waals surface area contributed by atoms with E-state index >= 15 is 0 Å². The van der Waals surface area contributed by atoms with Crippen molar-refractivity contribution in [2.24, 2.45) is 47.3 Å². The van der Waals surface area contributed by atoms with Gasteiger partial charge in [0, 0.05) is 0 Å². The quantitative estimate of drug-likeness (QED) is 0.203. The van der Waals surface area contributed by atoms with Crippen LogP contribution in [-0.4, -0.2) is 47.8 Å². The second-order valence-electron chi connectivity index (χ2n) is 25.3. The molecular weight excluding hydrogens is 650 g/mol. The fourth-order valence-electron chi connectivity index (χ4n) is 31.6. The van der Waals surface area contributed by atoms with E-state index in [1.807, 2.05) is 6.16 Å². The second kappa shape index (κ2) is 4.61. The Balaban J connectivity index is 0.871. The number of hydrogen-bond donors (Lipinski definition) is 2. The molecule has 2 N–H and O–H groups in total. The molecule has 8 bridgehead atoms. The van der Waals surface area contributed by atoms with Gasteiger partial charge in [0.25, 0.3) is 0 Å². The first kappa shape index (κ1) is 25.3. The fraction of sp³-hybridized carbons (Fsp3) is 1.00. The molecule has 5 heteroatoms.